The average Bonchev–Trinajstić information content (AvgIpc) is 2.82. The number of aromatic nitrogens is 1. The van der Waals surface area contributed by atoms with Crippen LogP contribution in [0.3, 0.4) is 0 Å². The summed E-state index contributed by atoms with van der Waals surface area (Å²) in [6.07, 6.45) is 3.55. The summed E-state index contributed by atoms with van der Waals surface area (Å²) in [7, 11) is -0.984. The van der Waals surface area contributed by atoms with Crippen LogP contribution in [0.5, 0.6) is 0 Å². The zero-order valence-electron chi connectivity index (χ0n) is 10.4. The second-order valence-corrected chi connectivity index (χ2v) is 7.01. The Morgan fingerprint density at radius 2 is 2.33 bits per heavy atom. The van der Waals surface area contributed by atoms with Crippen LogP contribution in [0.1, 0.15) is 18.5 Å². The smallest absolute Gasteiger partial charge is 0.220 e. The molecule has 1 aliphatic rings. The van der Waals surface area contributed by atoms with Crippen molar-refractivity contribution in [2.75, 3.05) is 11.5 Å². The number of amides is 1. The fourth-order valence-electron chi connectivity index (χ4n) is 2.21. The summed E-state index contributed by atoms with van der Waals surface area (Å²) in [5, 5.41) is 2.79. The Morgan fingerprint density at radius 1 is 1.56 bits per heavy atom. The van der Waals surface area contributed by atoms with Crippen molar-refractivity contribution in [3.8, 4) is 0 Å². The van der Waals surface area contributed by atoms with Crippen LogP contribution in [-0.4, -0.2) is 36.4 Å². The number of nitrogens with one attached hydrogen (secondary N) is 1. The quantitative estimate of drug-likeness (QED) is 0.853. The monoisotopic (exact) mass is 270 g/mol. The van der Waals surface area contributed by atoms with E-state index in [9.17, 15) is 13.2 Å². The van der Waals surface area contributed by atoms with Crippen molar-refractivity contribution in [3.05, 3.63) is 24.0 Å². The van der Waals surface area contributed by atoms with E-state index in [1.54, 1.807) is 0 Å². The first kappa shape index (κ1) is 13.1. The molecule has 6 heteroatoms. The first-order valence-electron chi connectivity index (χ1n) is 6.06. The van der Waals surface area contributed by atoms with Crippen LogP contribution < -0.4 is 5.32 Å². The number of nitrogens with zero attached hydrogens (tertiary/aromatic N) is 1. The van der Waals surface area contributed by atoms with Gasteiger partial charge in [-0.2, -0.15) is 0 Å². The predicted molar refractivity (Wildman–Crippen MR) is 68.9 cm³/mol. The summed E-state index contributed by atoms with van der Waals surface area (Å²) in [4.78, 5) is 11.7. The average molecular weight is 270 g/mol. The molecule has 1 amide bonds. The van der Waals surface area contributed by atoms with Gasteiger partial charge in [0.1, 0.15) is 0 Å². The van der Waals surface area contributed by atoms with E-state index in [1.807, 2.05) is 29.9 Å². The molecule has 1 unspecified atom stereocenters. The van der Waals surface area contributed by atoms with Gasteiger partial charge in [-0.1, -0.05) is 0 Å². The fraction of sp³-hybridized carbons (Fsp3) is 0.583. The van der Waals surface area contributed by atoms with Crippen LogP contribution in [0, 0.1) is 0 Å². The van der Waals surface area contributed by atoms with Gasteiger partial charge in [-0.05, 0) is 25.0 Å². The zero-order valence-corrected chi connectivity index (χ0v) is 11.2. The van der Waals surface area contributed by atoms with E-state index in [1.165, 1.54) is 0 Å². The highest BCUT2D eigenvalue weighted by Crippen LogP contribution is 2.11. The lowest BCUT2D eigenvalue weighted by Crippen LogP contribution is -2.35. The molecular weight excluding hydrogens is 252 g/mol. The molecule has 0 saturated carbocycles. The molecule has 1 saturated heterocycles. The molecule has 0 radical (unpaired) electrons. The Labute approximate surface area is 107 Å². The minimum atomic E-state index is -2.92. The normalized spacial score (nSPS) is 21.9. The van der Waals surface area contributed by atoms with Crippen LogP contribution in [0.4, 0.5) is 0 Å². The van der Waals surface area contributed by atoms with E-state index >= 15 is 0 Å². The number of carbonyl (C=O) groups is 1. The van der Waals surface area contributed by atoms with Gasteiger partial charge >= 0.3 is 0 Å². The van der Waals surface area contributed by atoms with Gasteiger partial charge in [0, 0.05) is 31.4 Å². The second-order valence-electron chi connectivity index (χ2n) is 4.78. The van der Waals surface area contributed by atoms with Crippen LogP contribution in [0.2, 0.25) is 0 Å². The molecule has 1 N–H and O–H groups in total. The van der Waals surface area contributed by atoms with Crippen LogP contribution >= 0.6 is 0 Å². The van der Waals surface area contributed by atoms with Crippen molar-refractivity contribution in [1.82, 2.24) is 9.88 Å². The summed E-state index contributed by atoms with van der Waals surface area (Å²) >= 11 is 0. The number of rotatable bonds is 4. The summed E-state index contributed by atoms with van der Waals surface area (Å²) < 4.78 is 24.5. The predicted octanol–water partition coefficient (Wildman–Crippen LogP) is 0.261. The molecule has 5 nitrogen and oxygen atoms in total. The molecular formula is C12H18N2O3S. The highest BCUT2D eigenvalue weighted by Gasteiger charge is 2.28. The summed E-state index contributed by atoms with van der Waals surface area (Å²) in [6, 6.07) is 3.72. The number of sulfone groups is 1. The van der Waals surface area contributed by atoms with E-state index in [2.05, 4.69) is 5.32 Å². The van der Waals surface area contributed by atoms with Crippen molar-refractivity contribution in [2.45, 2.75) is 25.3 Å². The molecule has 1 aromatic heterocycles. The molecule has 1 atom stereocenters. The maximum Gasteiger partial charge on any atom is 0.220 e. The lowest BCUT2D eigenvalue weighted by atomic mass is 10.2. The number of hydrogen-bond acceptors (Lipinski definition) is 3. The molecule has 2 heterocycles. The fourth-order valence-corrected chi connectivity index (χ4v) is 3.88. The molecule has 1 fully saturated rings. The maximum atomic E-state index is 11.7. The molecule has 0 aliphatic carbocycles. The van der Waals surface area contributed by atoms with E-state index in [0.717, 1.165) is 5.69 Å². The van der Waals surface area contributed by atoms with E-state index < -0.39 is 9.84 Å². The Kier molecular flexibility index (Phi) is 3.75. The van der Waals surface area contributed by atoms with E-state index in [0.29, 0.717) is 19.3 Å². The lowest BCUT2D eigenvalue weighted by molar-refractivity contribution is -0.121. The van der Waals surface area contributed by atoms with Gasteiger partial charge in [0.25, 0.3) is 0 Å². The first-order valence-corrected chi connectivity index (χ1v) is 7.88. The Morgan fingerprint density at radius 3 is 2.89 bits per heavy atom. The van der Waals surface area contributed by atoms with Crippen molar-refractivity contribution in [3.63, 3.8) is 0 Å². The number of aryl methyl sites for hydroxylation is 2. The summed E-state index contributed by atoms with van der Waals surface area (Å²) in [5.74, 6) is 0.205. The Bertz CT molecular complexity index is 533. The molecule has 1 aliphatic heterocycles. The van der Waals surface area contributed by atoms with Gasteiger partial charge in [-0.25, -0.2) is 8.42 Å². The van der Waals surface area contributed by atoms with Gasteiger partial charge in [0.2, 0.25) is 5.91 Å². The lowest BCUT2D eigenvalue weighted by Gasteiger charge is -2.10. The minimum Gasteiger partial charge on any atom is -0.354 e. The van der Waals surface area contributed by atoms with Gasteiger partial charge < -0.3 is 9.88 Å². The Hall–Kier alpha value is -1.30. The molecule has 0 spiro atoms. The van der Waals surface area contributed by atoms with Crippen LogP contribution in [0.25, 0.3) is 0 Å². The summed E-state index contributed by atoms with van der Waals surface area (Å²) in [6.45, 7) is 0. The zero-order chi connectivity index (χ0) is 13.2. The topological polar surface area (TPSA) is 68.2 Å². The van der Waals surface area contributed by atoms with Gasteiger partial charge in [0.15, 0.2) is 9.84 Å². The highest BCUT2D eigenvalue weighted by atomic mass is 32.2. The molecule has 18 heavy (non-hydrogen) atoms. The molecule has 0 bridgehead atoms. The summed E-state index contributed by atoms with van der Waals surface area (Å²) in [5.41, 5.74) is 1.10. The van der Waals surface area contributed by atoms with Crippen molar-refractivity contribution < 1.29 is 13.2 Å². The third-order valence-corrected chi connectivity index (χ3v) is 5.03. The number of hydrogen-bond donors (Lipinski definition) is 1. The van der Waals surface area contributed by atoms with Crippen LogP contribution in [-0.2, 0) is 28.1 Å². The van der Waals surface area contributed by atoms with E-state index in [4.69, 9.17) is 0 Å². The highest BCUT2D eigenvalue weighted by molar-refractivity contribution is 7.91. The second kappa shape index (κ2) is 5.14. The third-order valence-electron chi connectivity index (χ3n) is 3.26. The largest absolute Gasteiger partial charge is 0.354 e. The molecule has 100 valence electrons. The van der Waals surface area contributed by atoms with Gasteiger partial charge in [-0.15, -0.1) is 0 Å². The standard InChI is InChI=1S/C12H18N2O3S/c1-14-7-2-3-11(14)4-5-12(15)13-10-6-8-18(16,17)9-10/h2-3,7,10H,4-6,8-9H2,1H3,(H,13,15). The minimum absolute atomic E-state index is 0.0710. The first-order chi connectivity index (χ1) is 8.46. The van der Waals surface area contributed by atoms with Crippen molar-refractivity contribution in [2.24, 2.45) is 7.05 Å². The SMILES string of the molecule is Cn1cccc1CCC(=O)NC1CCS(=O)(=O)C1. The molecule has 1 aromatic rings. The maximum absolute atomic E-state index is 11.7. The third kappa shape index (κ3) is 3.35. The molecule has 0 aromatic carbocycles. The van der Waals surface area contributed by atoms with Crippen molar-refractivity contribution in [1.29, 1.82) is 0 Å². The molecule has 2 rings (SSSR count). The Balaban J connectivity index is 1.78. The van der Waals surface area contributed by atoms with E-state index in [-0.39, 0.29) is 23.5 Å². The number of carbonyl (C=O) groups excluding carboxylic acids is 1. The van der Waals surface area contributed by atoms with Crippen molar-refractivity contribution >= 4 is 15.7 Å². The van der Waals surface area contributed by atoms with Crippen LogP contribution in [0.15, 0.2) is 18.3 Å². The van der Waals surface area contributed by atoms with Gasteiger partial charge in [0.05, 0.1) is 11.5 Å². The van der Waals surface area contributed by atoms with Gasteiger partial charge in [-0.3, -0.25) is 4.79 Å².